The summed E-state index contributed by atoms with van der Waals surface area (Å²) in [5, 5.41) is 10.5. The van der Waals surface area contributed by atoms with Gasteiger partial charge in [-0.25, -0.2) is 0 Å². The molecular weight excluding hydrogens is 306 g/mol. The number of aromatic hydroxyl groups is 1. The Morgan fingerprint density at radius 2 is 1.56 bits per heavy atom. The molecule has 0 saturated heterocycles. The molecule has 2 rings (SSSR count). The first-order valence-electron chi connectivity index (χ1n) is 9.56. The van der Waals surface area contributed by atoms with Crippen molar-refractivity contribution in [1.29, 1.82) is 0 Å². The maximum atomic E-state index is 10.5. The number of hydrogen-bond donors (Lipinski definition) is 1. The number of aryl methyl sites for hydroxylation is 1. The Balaban J connectivity index is 2.35. The topological polar surface area (TPSA) is 23.5 Å². The molecule has 0 aliphatic carbocycles. The van der Waals surface area contributed by atoms with E-state index >= 15 is 0 Å². The van der Waals surface area contributed by atoms with Gasteiger partial charge in [0.2, 0.25) is 0 Å². The molecule has 0 heterocycles. The fourth-order valence-corrected chi connectivity index (χ4v) is 3.68. The third-order valence-corrected chi connectivity index (χ3v) is 5.08. The van der Waals surface area contributed by atoms with E-state index in [1.54, 1.807) is 0 Å². The molecule has 1 atom stereocenters. The van der Waals surface area contributed by atoms with Gasteiger partial charge < -0.3 is 5.11 Å². The molecule has 2 aromatic rings. The Labute approximate surface area is 153 Å². The zero-order valence-corrected chi connectivity index (χ0v) is 16.4. The molecule has 25 heavy (non-hydrogen) atoms. The van der Waals surface area contributed by atoms with Crippen LogP contribution in [0.2, 0.25) is 0 Å². The molecule has 0 spiro atoms. The van der Waals surface area contributed by atoms with Crippen LogP contribution in [0.3, 0.4) is 0 Å². The van der Waals surface area contributed by atoms with Gasteiger partial charge in [-0.05, 0) is 64.3 Å². The lowest BCUT2D eigenvalue weighted by Gasteiger charge is -2.32. The van der Waals surface area contributed by atoms with Gasteiger partial charge in [0.05, 0.1) is 0 Å². The highest BCUT2D eigenvalue weighted by Crippen LogP contribution is 2.35. The summed E-state index contributed by atoms with van der Waals surface area (Å²) in [5.74, 6) is 0.624. The highest BCUT2D eigenvalue weighted by atomic mass is 16.3. The number of benzene rings is 2. The second kappa shape index (κ2) is 9.05. The SMILES string of the molecule is CCc1ccc(O)c(C(CCN(C(C)C)C(C)C)c2ccccc2)c1. The highest BCUT2D eigenvalue weighted by molar-refractivity contribution is 5.43. The molecule has 1 unspecified atom stereocenters. The molecule has 0 fully saturated rings. The average molecular weight is 340 g/mol. The zero-order valence-electron chi connectivity index (χ0n) is 16.4. The third-order valence-electron chi connectivity index (χ3n) is 5.08. The van der Waals surface area contributed by atoms with Gasteiger partial charge in [0.1, 0.15) is 5.75 Å². The van der Waals surface area contributed by atoms with Gasteiger partial charge in [-0.3, -0.25) is 4.90 Å². The van der Waals surface area contributed by atoms with Crippen LogP contribution in [-0.4, -0.2) is 28.6 Å². The van der Waals surface area contributed by atoms with Crippen molar-refractivity contribution in [3.05, 3.63) is 65.2 Å². The number of phenols is 1. The Morgan fingerprint density at radius 1 is 0.920 bits per heavy atom. The van der Waals surface area contributed by atoms with E-state index in [0.29, 0.717) is 17.8 Å². The molecule has 0 bridgehead atoms. The molecule has 0 aliphatic rings. The number of rotatable bonds is 8. The third kappa shape index (κ3) is 5.09. The van der Waals surface area contributed by atoms with Crippen molar-refractivity contribution in [3.8, 4) is 5.75 Å². The Morgan fingerprint density at radius 3 is 2.12 bits per heavy atom. The lowest BCUT2D eigenvalue weighted by molar-refractivity contribution is 0.170. The molecular formula is C23H33NO. The summed E-state index contributed by atoms with van der Waals surface area (Å²) in [5.41, 5.74) is 3.61. The molecule has 0 saturated carbocycles. The first-order chi connectivity index (χ1) is 11.9. The first-order valence-corrected chi connectivity index (χ1v) is 9.56. The van der Waals surface area contributed by atoms with Gasteiger partial charge in [0.25, 0.3) is 0 Å². The minimum atomic E-state index is 0.215. The smallest absolute Gasteiger partial charge is 0.119 e. The molecule has 0 amide bonds. The summed E-state index contributed by atoms with van der Waals surface area (Å²) in [4.78, 5) is 2.52. The molecule has 0 aromatic heterocycles. The summed E-state index contributed by atoms with van der Waals surface area (Å²) in [7, 11) is 0. The first kappa shape index (κ1) is 19.5. The van der Waals surface area contributed by atoms with Gasteiger partial charge in [-0.15, -0.1) is 0 Å². The fourth-order valence-electron chi connectivity index (χ4n) is 3.68. The van der Waals surface area contributed by atoms with Crippen molar-refractivity contribution in [2.45, 2.75) is 65.5 Å². The number of hydrogen-bond acceptors (Lipinski definition) is 2. The van der Waals surface area contributed by atoms with Gasteiger partial charge in [0.15, 0.2) is 0 Å². The van der Waals surface area contributed by atoms with Crippen LogP contribution in [0.1, 0.15) is 63.6 Å². The van der Waals surface area contributed by atoms with Crippen LogP contribution >= 0.6 is 0 Å². The number of nitrogens with zero attached hydrogens (tertiary/aromatic N) is 1. The van der Waals surface area contributed by atoms with Crippen molar-refractivity contribution in [2.24, 2.45) is 0 Å². The molecule has 2 aromatic carbocycles. The largest absolute Gasteiger partial charge is 0.508 e. The summed E-state index contributed by atoms with van der Waals surface area (Å²) in [6.45, 7) is 12.2. The molecule has 136 valence electrons. The second-order valence-electron chi connectivity index (χ2n) is 7.42. The number of phenolic OH excluding ortho intramolecular Hbond substituents is 1. The maximum absolute atomic E-state index is 10.5. The molecule has 1 N–H and O–H groups in total. The standard InChI is InChI=1S/C23H33NO/c1-6-19-12-13-23(25)22(16-19)21(20-10-8-7-9-11-20)14-15-24(17(2)3)18(4)5/h7-13,16-18,21,25H,6,14-15H2,1-5H3. The monoisotopic (exact) mass is 339 g/mol. The Bertz CT molecular complexity index is 640. The van der Waals surface area contributed by atoms with Crippen LogP contribution in [0.25, 0.3) is 0 Å². The Kier molecular flexibility index (Phi) is 7.07. The van der Waals surface area contributed by atoms with E-state index in [1.165, 1.54) is 11.1 Å². The lowest BCUT2D eigenvalue weighted by Crippen LogP contribution is -2.38. The summed E-state index contributed by atoms with van der Waals surface area (Å²) >= 11 is 0. The van der Waals surface area contributed by atoms with Crippen molar-refractivity contribution in [1.82, 2.24) is 4.90 Å². The quantitative estimate of drug-likeness (QED) is 0.677. The molecule has 2 heteroatoms. The zero-order chi connectivity index (χ0) is 18.4. The predicted molar refractivity (Wildman–Crippen MR) is 107 cm³/mol. The van der Waals surface area contributed by atoms with E-state index in [0.717, 1.165) is 24.9 Å². The van der Waals surface area contributed by atoms with Gasteiger partial charge in [-0.2, -0.15) is 0 Å². The van der Waals surface area contributed by atoms with E-state index in [4.69, 9.17) is 0 Å². The van der Waals surface area contributed by atoms with Gasteiger partial charge in [0, 0.05) is 23.6 Å². The van der Waals surface area contributed by atoms with E-state index < -0.39 is 0 Å². The second-order valence-corrected chi connectivity index (χ2v) is 7.42. The minimum Gasteiger partial charge on any atom is -0.508 e. The van der Waals surface area contributed by atoms with Crippen LogP contribution in [0.5, 0.6) is 5.75 Å². The van der Waals surface area contributed by atoms with E-state index in [9.17, 15) is 5.11 Å². The average Bonchev–Trinajstić information content (AvgIpc) is 2.59. The molecule has 2 nitrogen and oxygen atoms in total. The summed E-state index contributed by atoms with van der Waals surface area (Å²) in [6, 6.07) is 17.7. The Hall–Kier alpha value is -1.80. The van der Waals surface area contributed by atoms with Crippen molar-refractivity contribution in [2.75, 3.05) is 6.54 Å². The van der Waals surface area contributed by atoms with Crippen LogP contribution < -0.4 is 0 Å². The molecule has 0 radical (unpaired) electrons. The van der Waals surface area contributed by atoms with Gasteiger partial charge in [-0.1, -0.05) is 49.4 Å². The lowest BCUT2D eigenvalue weighted by atomic mass is 9.86. The molecule has 0 aliphatic heterocycles. The van der Waals surface area contributed by atoms with Crippen molar-refractivity contribution >= 4 is 0 Å². The van der Waals surface area contributed by atoms with Crippen LogP contribution in [0.4, 0.5) is 0 Å². The minimum absolute atomic E-state index is 0.215. The van der Waals surface area contributed by atoms with Crippen molar-refractivity contribution < 1.29 is 5.11 Å². The predicted octanol–water partition coefficient (Wildman–Crippen LogP) is 5.60. The summed E-state index contributed by atoms with van der Waals surface area (Å²) < 4.78 is 0. The van der Waals surface area contributed by atoms with Crippen molar-refractivity contribution in [3.63, 3.8) is 0 Å². The normalized spacial score (nSPS) is 13.0. The van der Waals surface area contributed by atoms with Gasteiger partial charge >= 0.3 is 0 Å². The maximum Gasteiger partial charge on any atom is 0.119 e. The van der Waals surface area contributed by atoms with Crippen LogP contribution in [-0.2, 0) is 6.42 Å². The summed E-state index contributed by atoms with van der Waals surface area (Å²) in [6.07, 6.45) is 1.99. The fraction of sp³-hybridized carbons (Fsp3) is 0.478. The van der Waals surface area contributed by atoms with Crippen LogP contribution in [0, 0.1) is 0 Å². The van der Waals surface area contributed by atoms with E-state index in [1.807, 2.05) is 12.1 Å². The van der Waals surface area contributed by atoms with Crippen LogP contribution in [0.15, 0.2) is 48.5 Å². The highest BCUT2D eigenvalue weighted by Gasteiger charge is 2.21. The van der Waals surface area contributed by atoms with E-state index in [-0.39, 0.29) is 5.92 Å². The van der Waals surface area contributed by atoms with E-state index in [2.05, 4.69) is 75.9 Å².